The van der Waals surface area contributed by atoms with Gasteiger partial charge in [-0.3, -0.25) is 10.1 Å². The lowest BCUT2D eigenvalue weighted by Gasteiger charge is -2.17. The molecule has 4 rings (SSSR count). The van der Waals surface area contributed by atoms with Crippen LogP contribution in [0.5, 0.6) is 0 Å². The zero-order chi connectivity index (χ0) is 20.2. The molecule has 0 aliphatic carbocycles. The molecule has 4 nitrogen and oxygen atoms in total. The van der Waals surface area contributed by atoms with E-state index in [1.165, 1.54) is 18.2 Å². The van der Waals surface area contributed by atoms with E-state index < -0.39 is 0 Å². The van der Waals surface area contributed by atoms with E-state index in [1.807, 2.05) is 12.1 Å². The van der Waals surface area contributed by atoms with Crippen molar-refractivity contribution in [3.63, 3.8) is 0 Å². The molecule has 0 aliphatic rings. The fraction of sp³-hybridized carbons (Fsp3) is 0.217. The molecule has 0 fully saturated rings. The normalized spacial score (nSPS) is 11.4. The molecule has 0 unspecified atom stereocenters. The van der Waals surface area contributed by atoms with Gasteiger partial charge in [0.05, 0.1) is 11.2 Å². The molecular weight excluding hydrogens is 370 g/mol. The zero-order valence-corrected chi connectivity index (χ0v) is 16.2. The summed E-state index contributed by atoms with van der Waals surface area (Å²) in [7, 11) is 2.05. The Kier molecular flexibility index (Phi) is 5.62. The third-order valence-electron chi connectivity index (χ3n) is 5.00. The van der Waals surface area contributed by atoms with Crippen LogP contribution in [0.25, 0.3) is 22.2 Å². The molecule has 4 aromatic rings. The first-order valence-electron chi connectivity index (χ1n) is 9.61. The standard InChI is InChI=1S/C23H22F2N4/c1-29(15-17-8-11-21(25)20-5-2-12-26-23(17)20)13-3-4-19-14-22(28-27-19)16-6-9-18(24)10-7-16/h2,5-12,14H,3-4,13,15H2,1H3,(H,27,28). The van der Waals surface area contributed by atoms with E-state index in [9.17, 15) is 8.78 Å². The van der Waals surface area contributed by atoms with Crippen molar-refractivity contribution in [1.82, 2.24) is 20.1 Å². The van der Waals surface area contributed by atoms with Gasteiger partial charge in [0, 0.05) is 29.4 Å². The predicted octanol–water partition coefficient (Wildman–Crippen LogP) is 4.97. The van der Waals surface area contributed by atoms with Crippen LogP contribution < -0.4 is 0 Å². The number of nitrogens with zero attached hydrogens (tertiary/aromatic N) is 3. The number of hydrogen-bond acceptors (Lipinski definition) is 3. The Balaban J connectivity index is 1.33. The van der Waals surface area contributed by atoms with Gasteiger partial charge in [-0.15, -0.1) is 0 Å². The van der Waals surface area contributed by atoms with E-state index in [2.05, 4.69) is 27.1 Å². The molecule has 0 saturated carbocycles. The van der Waals surface area contributed by atoms with Crippen molar-refractivity contribution in [2.24, 2.45) is 0 Å². The highest BCUT2D eigenvalue weighted by Gasteiger charge is 2.10. The minimum atomic E-state index is -0.253. The van der Waals surface area contributed by atoms with Gasteiger partial charge in [0.15, 0.2) is 0 Å². The van der Waals surface area contributed by atoms with E-state index in [4.69, 9.17) is 0 Å². The van der Waals surface area contributed by atoms with Crippen molar-refractivity contribution in [2.75, 3.05) is 13.6 Å². The van der Waals surface area contributed by atoms with E-state index in [0.29, 0.717) is 11.9 Å². The summed E-state index contributed by atoms with van der Waals surface area (Å²) >= 11 is 0. The molecule has 1 N–H and O–H groups in total. The number of hydrogen-bond donors (Lipinski definition) is 1. The molecule has 0 amide bonds. The SMILES string of the molecule is CN(CCCc1cc(-c2ccc(F)cc2)n[nH]1)Cc1ccc(F)c2cccnc12. The molecule has 0 atom stereocenters. The van der Waals surface area contributed by atoms with E-state index in [0.717, 1.165) is 47.4 Å². The third-order valence-corrected chi connectivity index (χ3v) is 5.00. The van der Waals surface area contributed by atoms with Gasteiger partial charge in [-0.25, -0.2) is 8.78 Å². The molecule has 0 spiro atoms. The highest BCUT2D eigenvalue weighted by atomic mass is 19.1. The van der Waals surface area contributed by atoms with Crippen molar-refractivity contribution >= 4 is 10.9 Å². The van der Waals surface area contributed by atoms with E-state index in [1.54, 1.807) is 30.5 Å². The monoisotopic (exact) mass is 392 g/mol. The largest absolute Gasteiger partial charge is 0.302 e. The number of aromatic nitrogens is 3. The van der Waals surface area contributed by atoms with Crippen molar-refractivity contribution in [1.29, 1.82) is 0 Å². The number of nitrogens with one attached hydrogen (secondary N) is 1. The second-order valence-corrected chi connectivity index (χ2v) is 7.23. The van der Waals surface area contributed by atoms with Crippen LogP contribution in [0.3, 0.4) is 0 Å². The number of pyridine rings is 1. The van der Waals surface area contributed by atoms with Gasteiger partial charge >= 0.3 is 0 Å². The Bertz CT molecular complexity index is 1110. The number of benzene rings is 2. The van der Waals surface area contributed by atoms with Crippen LogP contribution in [-0.4, -0.2) is 33.7 Å². The maximum atomic E-state index is 14.0. The van der Waals surface area contributed by atoms with Gasteiger partial charge in [0.1, 0.15) is 11.6 Å². The number of H-pyrrole nitrogens is 1. The number of aryl methyl sites for hydroxylation is 1. The van der Waals surface area contributed by atoms with Crippen LogP contribution in [0.15, 0.2) is 60.8 Å². The molecule has 2 heterocycles. The van der Waals surface area contributed by atoms with Crippen LogP contribution in [0.4, 0.5) is 8.78 Å². The molecule has 0 saturated heterocycles. The van der Waals surface area contributed by atoms with Crippen LogP contribution in [0, 0.1) is 11.6 Å². The van der Waals surface area contributed by atoms with E-state index >= 15 is 0 Å². The Morgan fingerprint density at radius 2 is 1.86 bits per heavy atom. The Labute approximate surface area is 168 Å². The minimum absolute atomic E-state index is 0.240. The summed E-state index contributed by atoms with van der Waals surface area (Å²) in [5.41, 5.74) is 4.49. The topological polar surface area (TPSA) is 44.8 Å². The number of rotatable bonds is 7. The molecule has 2 aromatic carbocycles. The summed E-state index contributed by atoms with van der Waals surface area (Å²) in [5, 5.41) is 7.94. The summed E-state index contributed by atoms with van der Waals surface area (Å²) < 4.78 is 27.0. The summed E-state index contributed by atoms with van der Waals surface area (Å²) in [6.07, 6.45) is 3.51. The van der Waals surface area contributed by atoms with Gasteiger partial charge in [0.25, 0.3) is 0 Å². The Morgan fingerprint density at radius 1 is 1.03 bits per heavy atom. The fourth-order valence-electron chi connectivity index (χ4n) is 3.49. The van der Waals surface area contributed by atoms with Gasteiger partial charge in [-0.05, 0) is 80.5 Å². The molecule has 0 radical (unpaired) electrons. The lowest BCUT2D eigenvalue weighted by atomic mass is 10.1. The quantitative estimate of drug-likeness (QED) is 0.483. The van der Waals surface area contributed by atoms with E-state index in [-0.39, 0.29) is 11.6 Å². The molecular formula is C23H22F2N4. The summed E-state index contributed by atoms with van der Waals surface area (Å²) in [6.45, 7) is 1.59. The molecule has 29 heavy (non-hydrogen) atoms. The summed E-state index contributed by atoms with van der Waals surface area (Å²) in [6, 6.07) is 15.2. The Hall–Kier alpha value is -3.12. The molecule has 2 aromatic heterocycles. The lowest BCUT2D eigenvalue weighted by molar-refractivity contribution is 0.322. The molecule has 0 aliphatic heterocycles. The average molecular weight is 392 g/mol. The summed E-state index contributed by atoms with van der Waals surface area (Å²) in [5.74, 6) is -0.493. The van der Waals surface area contributed by atoms with Crippen molar-refractivity contribution in [3.8, 4) is 11.3 Å². The average Bonchev–Trinajstić information content (AvgIpc) is 3.20. The molecule has 0 bridgehead atoms. The number of aromatic amines is 1. The van der Waals surface area contributed by atoms with Crippen LogP contribution in [-0.2, 0) is 13.0 Å². The lowest BCUT2D eigenvalue weighted by Crippen LogP contribution is -2.20. The smallest absolute Gasteiger partial charge is 0.132 e. The van der Waals surface area contributed by atoms with Gasteiger partial charge in [-0.2, -0.15) is 5.10 Å². The second-order valence-electron chi connectivity index (χ2n) is 7.23. The number of halogens is 2. The highest BCUT2D eigenvalue weighted by Crippen LogP contribution is 2.21. The van der Waals surface area contributed by atoms with Gasteiger partial charge in [-0.1, -0.05) is 6.07 Å². The zero-order valence-electron chi connectivity index (χ0n) is 16.2. The maximum absolute atomic E-state index is 14.0. The van der Waals surface area contributed by atoms with Crippen molar-refractivity contribution in [2.45, 2.75) is 19.4 Å². The first-order chi connectivity index (χ1) is 14.1. The van der Waals surface area contributed by atoms with Gasteiger partial charge in [0.2, 0.25) is 0 Å². The van der Waals surface area contributed by atoms with Crippen LogP contribution >= 0.6 is 0 Å². The minimum Gasteiger partial charge on any atom is -0.302 e. The number of fused-ring (bicyclic) bond motifs is 1. The molecule has 148 valence electrons. The second kappa shape index (κ2) is 8.49. The maximum Gasteiger partial charge on any atom is 0.132 e. The summed E-state index contributed by atoms with van der Waals surface area (Å²) in [4.78, 5) is 6.56. The predicted molar refractivity (Wildman–Crippen MR) is 110 cm³/mol. The highest BCUT2D eigenvalue weighted by molar-refractivity contribution is 5.82. The van der Waals surface area contributed by atoms with Crippen LogP contribution in [0.2, 0.25) is 0 Å². The first-order valence-corrected chi connectivity index (χ1v) is 9.61. The fourth-order valence-corrected chi connectivity index (χ4v) is 3.49. The van der Waals surface area contributed by atoms with Gasteiger partial charge < -0.3 is 4.90 Å². The first kappa shape index (κ1) is 19.2. The van der Waals surface area contributed by atoms with Crippen LogP contribution in [0.1, 0.15) is 17.7 Å². The third kappa shape index (κ3) is 4.49. The Morgan fingerprint density at radius 3 is 2.69 bits per heavy atom. The molecule has 6 heteroatoms. The van der Waals surface area contributed by atoms with Crippen molar-refractivity contribution in [3.05, 3.63) is 83.7 Å². The van der Waals surface area contributed by atoms with Crippen molar-refractivity contribution < 1.29 is 8.78 Å².